The summed E-state index contributed by atoms with van der Waals surface area (Å²) in [7, 11) is -3.69. The number of ketones is 1. The van der Waals surface area contributed by atoms with Gasteiger partial charge in [-0.15, -0.1) is 0 Å². The van der Waals surface area contributed by atoms with Gasteiger partial charge in [0.1, 0.15) is 0 Å². The van der Waals surface area contributed by atoms with Crippen molar-refractivity contribution in [2.45, 2.75) is 56.3 Å². The van der Waals surface area contributed by atoms with Crippen LogP contribution >= 0.6 is 0 Å². The molecule has 0 radical (unpaired) electrons. The van der Waals surface area contributed by atoms with Crippen LogP contribution in [-0.2, 0) is 19.6 Å². The molecule has 0 spiro atoms. The molecule has 0 bridgehead atoms. The van der Waals surface area contributed by atoms with Gasteiger partial charge >= 0.3 is 5.97 Å². The normalized spacial score (nSPS) is 14.9. The summed E-state index contributed by atoms with van der Waals surface area (Å²) in [4.78, 5) is 24.3. The van der Waals surface area contributed by atoms with Gasteiger partial charge in [0.25, 0.3) is 0 Å². The van der Waals surface area contributed by atoms with E-state index in [2.05, 4.69) is 4.72 Å². The monoisotopic (exact) mass is 443 g/mol. The molecule has 0 saturated heterocycles. The van der Waals surface area contributed by atoms with Crippen LogP contribution in [-0.4, -0.2) is 33.3 Å². The van der Waals surface area contributed by atoms with Crippen molar-refractivity contribution in [3.05, 3.63) is 65.2 Å². The fourth-order valence-corrected chi connectivity index (χ4v) is 4.80. The van der Waals surface area contributed by atoms with Gasteiger partial charge in [0.15, 0.2) is 12.4 Å². The summed E-state index contributed by atoms with van der Waals surface area (Å²) in [6.45, 7) is 1.41. The Balaban J connectivity index is 1.41. The fraction of sp³-hybridized carbons (Fsp3) is 0.417. The Morgan fingerprint density at radius 2 is 1.61 bits per heavy atom. The van der Waals surface area contributed by atoms with Crippen LogP contribution in [0.3, 0.4) is 0 Å². The lowest BCUT2D eigenvalue weighted by Crippen LogP contribution is -2.27. The van der Waals surface area contributed by atoms with Crippen molar-refractivity contribution in [1.82, 2.24) is 4.72 Å². The molecule has 1 aliphatic carbocycles. The van der Waals surface area contributed by atoms with Crippen LogP contribution in [0.2, 0.25) is 0 Å². The third kappa shape index (κ3) is 6.74. The molecular weight excluding hydrogens is 414 g/mol. The Hall–Kier alpha value is -2.51. The Labute approximate surface area is 184 Å². The maximum Gasteiger partial charge on any atom is 0.307 e. The number of benzene rings is 2. The first kappa shape index (κ1) is 23.2. The van der Waals surface area contributed by atoms with E-state index in [0.717, 1.165) is 5.56 Å². The van der Waals surface area contributed by atoms with Gasteiger partial charge in [-0.3, -0.25) is 9.59 Å². The van der Waals surface area contributed by atoms with Gasteiger partial charge in [0, 0.05) is 12.1 Å². The Bertz CT molecular complexity index is 991. The quantitative estimate of drug-likeness (QED) is 0.465. The van der Waals surface area contributed by atoms with E-state index in [1.54, 1.807) is 24.3 Å². The minimum atomic E-state index is -3.69. The molecule has 0 unspecified atom stereocenters. The summed E-state index contributed by atoms with van der Waals surface area (Å²) in [6, 6.07) is 14.0. The average Bonchev–Trinajstić information content (AvgIpc) is 2.78. The third-order valence-electron chi connectivity index (χ3n) is 5.63. The Morgan fingerprint density at radius 3 is 2.26 bits per heavy atom. The highest BCUT2D eigenvalue weighted by Crippen LogP contribution is 2.32. The Morgan fingerprint density at radius 1 is 0.968 bits per heavy atom. The zero-order valence-electron chi connectivity index (χ0n) is 17.8. The molecule has 0 aromatic heterocycles. The van der Waals surface area contributed by atoms with Crippen molar-refractivity contribution in [1.29, 1.82) is 0 Å². The predicted octanol–water partition coefficient (Wildman–Crippen LogP) is 4.14. The molecule has 31 heavy (non-hydrogen) atoms. The van der Waals surface area contributed by atoms with Gasteiger partial charge in [0.05, 0.1) is 11.3 Å². The topological polar surface area (TPSA) is 89.5 Å². The highest BCUT2D eigenvalue weighted by atomic mass is 32.2. The van der Waals surface area contributed by atoms with E-state index < -0.39 is 16.0 Å². The number of nitrogens with one attached hydrogen (secondary N) is 1. The number of carbonyl (C=O) groups is 2. The Kier molecular flexibility index (Phi) is 7.98. The summed E-state index contributed by atoms with van der Waals surface area (Å²) >= 11 is 0. The van der Waals surface area contributed by atoms with Crippen LogP contribution in [0.25, 0.3) is 0 Å². The van der Waals surface area contributed by atoms with Crippen molar-refractivity contribution in [2.24, 2.45) is 0 Å². The lowest BCUT2D eigenvalue weighted by Gasteiger charge is -2.22. The summed E-state index contributed by atoms with van der Waals surface area (Å²) in [5.74, 6) is -0.331. The highest BCUT2D eigenvalue weighted by Gasteiger charge is 2.17. The average molecular weight is 444 g/mol. The van der Waals surface area contributed by atoms with Gasteiger partial charge in [0.2, 0.25) is 10.0 Å². The molecule has 0 atom stereocenters. The lowest BCUT2D eigenvalue weighted by molar-refractivity contribution is -0.142. The van der Waals surface area contributed by atoms with Crippen molar-refractivity contribution in [3.8, 4) is 0 Å². The number of sulfonamides is 1. The van der Waals surface area contributed by atoms with Crippen LogP contribution in [0.4, 0.5) is 0 Å². The zero-order valence-corrected chi connectivity index (χ0v) is 18.6. The third-order valence-corrected chi connectivity index (χ3v) is 7.10. The van der Waals surface area contributed by atoms with Crippen molar-refractivity contribution >= 4 is 21.8 Å². The van der Waals surface area contributed by atoms with E-state index in [1.165, 1.54) is 49.8 Å². The molecule has 166 valence electrons. The van der Waals surface area contributed by atoms with E-state index in [0.29, 0.717) is 11.5 Å². The second-order valence-corrected chi connectivity index (χ2v) is 9.77. The first-order valence-corrected chi connectivity index (χ1v) is 12.2. The molecular formula is C24H29NO5S. The summed E-state index contributed by atoms with van der Waals surface area (Å²) < 4.78 is 31.8. The molecule has 7 heteroatoms. The lowest BCUT2D eigenvalue weighted by atomic mass is 9.84. The smallest absolute Gasteiger partial charge is 0.307 e. The molecule has 6 nitrogen and oxygen atoms in total. The first-order valence-electron chi connectivity index (χ1n) is 10.7. The van der Waals surface area contributed by atoms with Crippen LogP contribution in [0.1, 0.15) is 65.9 Å². The van der Waals surface area contributed by atoms with Crippen LogP contribution in [0.5, 0.6) is 0 Å². The molecule has 1 saturated carbocycles. The number of hydrogen-bond acceptors (Lipinski definition) is 5. The predicted molar refractivity (Wildman–Crippen MR) is 119 cm³/mol. The van der Waals surface area contributed by atoms with Crippen molar-refractivity contribution in [3.63, 3.8) is 0 Å². The molecule has 3 rings (SSSR count). The molecule has 1 N–H and O–H groups in total. The number of Topliss-reactive ketones (excluding diaryl/α,β-unsaturated/α-hetero) is 1. The van der Waals surface area contributed by atoms with Crippen molar-refractivity contribution in [2.75, 3.05) is 13.2 Å². The molecule has 2 aromatic rings. The summed E-state index contributed by atoms with van der Waals surface area (Å²) in [5, 5.41) is 0. The number of esters is 1. The van der Waals surface area contributed by atoms with Crippen LogP contribution < -0.4 is 4.72 Å². The molecule has 1 aliphatic rings. The second-order valence-electron chi connectivity index (χ2n) is 8.00. The number of ether oxygens (including phenoxy) is 1. The van der Waals surface area contributed by atoms with E-state index in [-0.39, 0.29) is 30.3 Å². The molecule has 0 amide bonds. The van der Waals surface area contributed by atoms with Gasteiger partial charge in [-0.25, -0.2) is 13.1 Å². The minimum absolute atomic E-state index is 0.0979. The standard InChI is InChI=1S/C24H29NO5S/c1-18-7-13-22(14-8-18)31(28,29)25-16-15-24(27)30-17-23(26)21-11-9-20(10-12-21)19-5-3-2-4-6-19/h7-14,19,25H,2-6,15-17H2,1H3. The zero-order chi connectivity index (χ0) is 22.3. The second kappa shape index (κ2) is 10.7. The number of carbonyl (C=O) groups excluding carboxylic acids is 2. The van der Waals surface area contributed by atoms with E-state index in [4.69, 9.17) is 4.74 Å². The maximum atomic E-state index is 12.3. The van der Waals surface area contributed by atoms with Crippen LogP contribution in [0, 0.1) is 6.92 Å². The van der Waals surface area contributed by atoms with Gasteiger partial charge in [-0.1, -0.05) is 61.2 Å². The van der Waals surface area contributed by atoms with Gasteiger partial charge in [-0.05, 0) is 43.4 Å². The van der Waals surface area contributed by atoms with Gasteiger partial charge in [-0.2, -0.15) is 0 Å². The molecule has 1 fully saturated rings. The first-order chi connectivity index (χ1) is 14.8. The maximum absolute atomic E-state index is 12.3. The number of aryl methyl sites for hydroxylation is 1. The summed E-state index contributed by atoms with van der Waals surface area (Å²) in [5.41, 5.74) is 2.72. The highest BCUT2D eigenvalue weighted by molar-refractivity contribution is 7.89. The van der Waals surface area contributed by atoms with Crippen LogP contribution in [0.15, 0.2) is 53.4 Å². The van der Waals surface area contributed by atoms with E-state index in [1.807, 2.05) is 19.1 Å². The number of hydrogen-bond donors (Lipinski definition) is 1. The summed E-state index contributed by atoms with van der Waals surface area (Å²) in [6.07, 6.45) is 6.03. The molecule has 0 heterocycles. The van der Waals surface area contributed by atoms with Gasteiger partial charge < -0.3 is 4.74 Å². The fourth-order valence-electron chi connectivity index (χ4n) is 3.77. The molecule has 0 aliphatic heterocycles. The number of rotatable bonds is 9. The largest absolute Gasteiger partial charge is 0.457 e. The minimum Gasteiger partial charge on any atom is -0.457 e. The molecule has 2 aromatic carbocycles. The van der Waals surface area contributed by atoms with E-state index >= 15 is 0 Å². The SMILES string of the molecule is Cc1ccc(S(=O)(=O)NCCC(=O)OCC(=O)c2ccc(C3CCCCC3)cc2)cc1. The van der Waals surface area contributed by atoms with E-state index in [9.17, 15) is 18.0 Å². The van der Waals surface area contributed by atoms with Crippen molar-refractivity contribution < 1.29 is 22.7 Å².